The Hall–Kier alpha value is -1.43. The lowest BCUT2D eigenvalue weighted by atomic mass is 10.0. The molecule has 1 aromatic carbocycles. The van der Waals surface area contributed by atoms with E-state index >= 15 is 0 Å². The van der Waals surface area contributed by atoms with Crippen LogP contribution in [0.3, 0.4) is 0 Å². The molecule has 0 radical (unpaired) electrons. The van der Waals surface area contributed by atoms with Crippen LogP contribution in [0.1, 0.15) is 16.7 Å². The minimum absolute atomic E-state index is 0.0472. The molecule has 0 aliphatic carbocycles. The van der Waals surface area contributed by atoms with Crippen molar-refractivity contribution in [2.45, 2.75) is 18.7 Å². The zero-order chi connectivity index (χ0) is 12.3. The summed E-state index contributed by atoms with van der Waals surface area (Å²) < 4.78 is 0. The van der Waals surface area contributed by atoms with Gasteiger partial charge in [-0.15, -0.1) is 0 Å². The van der Waals surface area contributed by atoms with Gasteiger partial charge in [-0.1, -0.05) is 15.9 Å². The van der Waals surface area contributed by atoms with Crippen molar-refractivity contribution < 1.29 is 14.8 Å². The third-order valence-electron chi connectivity index (χ3n) is 2.12. The maximum atomic E-state index is 10.8. The summed E-state index contributed by atoms with van der Waals surface area (Å²) in [5, 5.41) is 19.8. The number of rotatable bonds is 4. The Balaban J connectivity index is 3.26. The standard InChI is InChI=1S/C10H10BrNO4/c1-6-2-7(4-9(13)14)3-8(5-11)10(6)12(15)16/h2-3H,4-5H2,1H3,(H,13,14). The fourth-order valence-electron chi connectivity index (χ4n) is 1.57. The molecular formula is C10H10BrNO4. The monoisotopic (exact) mass is 287 g/mol. The first-order chi connectivity index (χ1) is 7.45. The van der Waals surface area contributed by atoms with Gasteiger partial charge in [0.25, 0.3) is 5.69 Å². The van der Waals surface area contributed by atoms with Gasteiger partial charge in [0, 0.05) is 16.5 Å². The zero-order valence-electron chi connectivity index (χ0n) is 8.57. The van der Waals surface area contributed by atoms with Crippen molar-refractivity contribution in [1.82, 2.24) is 0 Å². The van der Waals surface area contributed by atoms with Crippen LogP contribution < -0.4 is 0 Å². The largest absolute Gasteiger partial charge is 0.481 e. The highest BCUT2D eigenvalue weighted by Gasteiger charge is 2.18. The SMILES string of the molecule is Cc1cc(CC(=O)O)cc(CBr)c1[N+](=O)[O-]. The molecule has 0 amide bonds. The average Bonchev–Trinajstić information content (AvgIpc) is 2.14. The summed E-state index contributed by atoms with van der Waals surface area (Å²) in [6, 6.07) is 3.09. The third kappa shape index (κ3) is 2.79. The molecule has 0 saturated heterocycles. The minimum Gasteiger partial charge on any atom is -0.481 e. The Bertz CT molecular complexity index is 445. The van der Waals surface area contributed by atoms with E-state index < -0.39 is 10.9 Å². The van der Waals surface area contributed by atoms with Crippen molar-refractivity contribution in [2.24, 2.45) is 0 Å². The van der Waals surface area contributed by atoms with Gasteiger partial charge in [0.1, 0.15) is 0 Å². The maximum Gasteiger partial charge on any atom is 0.307 e. The van der Waals surface area contributed by atoms with E-state index in [1.165, 1.54) is 0 Å². The Morgan fingerprint density at radius 1 is 1.56 bits per heavy atom. The van der Waals surface area contributed by atoms with Crippen LogP contribution in [0.5, 0.6) is 0 Å². The lowest BCUT2D eigenvalue weighted by molar-refractivity contribution is -0.386. The summed E-state index contributed by atoms with van der Waals surface area (Å²) in [6.07, 6.45) is -0.126. The first kappa shape index (κ1) is 12.6. The number of halogens is 1. The van der Waals surface area contributed by atoms with Gasteiger partial charge in [-0.2, -0.15) is 0 Å². The van der Waals surface area contributed by atoms with Crippen LogP contribution >= 0.6 is 15.9 Å². The number of nitro benzene ring substituents is 1. The van der Waals surface area contributed by atoms with E-state index in [0.717, 1.165) is 0 Å². The van der Waals surface area contributed by atoms with Crippen LogP contribution in [0, 0.1) is 17.0 Å². The highest BCUT2D eigenvalue weighted by atomic mass is 79.9. The van der Waals surface area contributed by atoms with Crippen molar-refractivity contribution in [2.75, 3.05) is 0 Å². The number of aliphatic carboxylic acids is 1. The van der Waals surface area contributed by atoms with E-state index in [4.69, 9.17) is 5.11 Å². The Morgan fingerprint density at radius 2 is 2.19 bits per heavy atom. The molecule has 0 unspecified atom stereocenters. The van der Waals surface area contributed by atoms with Gasteiger partial charge >= 0.3 is 5.97 Å². The number of carboxylic acid groups (broad SMARTS) is 1. The van der Waals surface area contributed by atoms with Crippen molar-refractivity contribution in [3.63, 3.8) is 0 Å². The van der Waals surface area contributed by atoms with E-state index in [2.05, 4.69) is 15.9 Å². The van der Waals surface area contributed by atoms with Crippen LogP contribution in [0.15, 0.2) is 12.1 Å². The van der Waals surface area contributed by atoms with E-state index in [0.29, 0.717) is 22.0 Å². The van der Waals surface area contributed by atoms with Crippen LogP contribution in [0.25, 0.3) is 0 Å². The summed E-state index contributed by atoms with van der Waals surface area (Å²) in [7, 11) is 0. The van der Waals surface area contributed by atoms with Crippen LogP contribution in [0.2, 0.25) is 0 Å². The number of carbonyl (C=O) groups is 1. The van der Waals surface area contributed by atoms with Gasteiger partial charge in [0.15, 0.2) is 0 Å². The molecule has 6 heteroatoms. The predicted octanol–water partition coefficient (Wildman–Crippen LogP) is 2.43. The molecule has 0 atom stereocenters. The van der Waals surface area contributed by atoms with Crippen molar-refractivity contribution in [1.29, 1.82) is 0 Å². The fourth-order valence-corrected chi connectivity index (χ4v) is 2.00. The molecule has 0 heterocycles. The zero-order valence-corrected chi connectivity index (χ0v) is 10.2. The second kappa shape index (κ2) is 5.07. The number of alkyl halides is 1. The Kier molecular flexibility index (Phi) is 4.00. The smallest absolute Gasteiger partial charge is 0.307 e. The number of nitro groups is 1. The van der Waals surface area contributed by atoms with Gasteiger partial charge in [-0.3, -0.25) is 14.9 Å². The molecule has 0 saturated carbocycles. The molecule has 5 nitrogen and oxygen atoms in total. The normalized spacial score (nSPS) is 10.1. The quantitative estimate of drug-likeness (QED) is 0.524. The van der Waals surface area contributed by atoms with Crippen LogP contribution in [0.4, 0.5) is 5.69 Å². The topological polar surface area (TPSA) is 80.4 Å². The lowest BCUT2D eigenvalue weighted by Crippen LogP contribution is -2.03. The molecule has 1 rings (SSSR count). The van der Waals surface area contributed by atoms with Gasteiger partial charge in [0.05, 0.1) is 11.3 Å². The second-order valence-corrected chi connectivity index (χ2v) is 3.94. The predicted molar refractivity (Wildman–Crippen MR) is 61.8 cm³/mol. The summed E-state index contributed by atoms with van der Waals surface area (Å²) >= 11 is 3.16. The number of benzene rings is 1. The van der Waals surface area contributed by atoms with E-state index in [1.807, 2.05) is 0 Å². The fraction of sp³-hybridized carbons (Fsp3) is 0.300. The Morgan fingerprint density at radius 3 is 2.62 bits per heavy atom. The molecule has 1 N–H and O–H groups in total. The average molecular weight is 288 g/mol. The number of aryl methyl sites for hydroxylation is 1. The molecule has 0 bridgehead atoms. The third-order valence-corrected chi connectivity index (χ3v) is 2.73. The summed E-state index contributed by atoms with van der Waals surface area (Å²) in [4.78, 5) is 20.9. The maximum absolute atomic E-state index is 10.8. The summed E-state index contributed by atoms with van der Waals surface area (Å²) in [5.41, 5.74) is 1.61. The molecule has 16 heavy (non-hydrogen) atoms. The number of carboxylic acids is 1. The number of hydrogen-bond donors (Lipinski definition) is 1. The molecule has 1 aromatic rings. The van der Waals surface area contributed by atoms with Crippen molar-refractivity contribution in [3.8, 4) is 0 Å². The van der Waals surface area contributed by atoms with Crippen LogP contribution in [-0.4, -0.2) is 16.0 Å². The number of hydrogen-bond acceptors (Lipinski definition) is 3. The van der Waals surface area contributed by atoms with Crippen molar-refractivity contribution in [3.05, 3.63) is 38.9 Å². The molecule has 86 valence electrons. The molecule has 0 fully saturated rings. The van der Waals surface area contributed by atoms with Gasteiger partial charge in [-0.25, -0.2) is 0 Å². The minimum atomic E-state index is -0.950. The first-order valence-electron chi connectivity index (χ1n) is 4.50. The van der Waals surface area contributed by atoms with E-state index in [1.54, 1.807) is 19.1 Å². The molecule has 0 aliphatic heterocycles. The highest BCUT2D eigenvalue weighted by molar-refractivity contribution is 9.08. The first-order valence-corrected chi connectivity index (χ1v) is 5.62. The van der Waals surface area contributed by atoms with Crippen LogP contribution in [-0.2, 0) is 16.5 Å². The molecule has 0 aromatic heterocycles. The highest BCUT2D eigenvalue weighted by Crippen LogP contribution is 2.27. The summed E-state index contributed by atoms with van der Waals surface area (Å²) in [5.74, 6) is -0.950. The lowest BCUT2D eigenvalue weighted by Gasteiger charge is -2.05. The van der Waals surface area contributed by atoms with Gasteiger partial charge < -0.3 is 5.11 Å². The van der Waals surface area contributed by atoms with Gasteiger partial charge in [-0.05, 0) is 24.6 Å². The molecular weight excluding hydrogens is 278 g/mol. The molecule has 0 spiro atoms. The van der Waals surface area contributed by atoms with E-state index in [9.17, 15) is 14.9 Å². The molecule has 0 aliphatic rings. The summed E-state index contributed by atoms with van der Waals surface area (Å²) in [6.45, 7) is 1.61. The van der Waals surface area contributed by atoms with Gasteiger partial charge in [0.2, 0.25) is 0 Å². The Labute approximate surface area is 100 Å². The second-order valence-electron chi connectivity index (χ2n) is 3.38. The van der Waals surface area contributed by atoms with E-state index in [-0.39, 0.29) is 12.1 Å². The number of nitrogens with zero attached hydrogens (tertiary/aromatic N) is 1. The van der Waals surface area contributed by atoms with Crippen molar-refractivity contribution >= 4 is 27.6 Å².